The van der Waals surface area contributed by atoms with E-state index in [1.807, 2.05) is 38.1 Å². The number of rotatable bonds is 3. The first-order valence-corrected chi connectivity index (χ1v) is 6.09. The molecule has 0 saturated carbocycles. The standard InChI is InChI=1S/C16H16O3/c1-11-7-6-10-14(12(11)2)19-16-9-5-4-8-15(16)18-13(3)17/h4-10H,1-3H3. The van der Waals surface area contributed by atoms with Crippen molar-refractivity contribution < 1.29 is 14.3 Å². The molecule has 0 bridgehead atoms. The molecule has 0 amide bonds. The Morgan fingerprint density at radius 1 is 0.895 bits per heavy atom. The van der Waals surface area contributed by atoms with Crippen molar-refractivity contribution in [3.8, 4) is 17.2 Å². The van der Waals surface area contributed by atoms with Crippen molar-refractivity contribution in [2.45, 2.75) is 20.8 Å². The molecule has 0 atom stereocenters. The largest absolute Gasteiger partial charge is 0.453 e. The van der Waals surface area contributed by atoms with Crippen molar-refractivity contribution in [1.82, 2.24) is 0 Å². The first kappa shape index (κ1) is 13.1. The fourth-order valence-corrected chi connectivity index (χ4v) is 1.73. The van der Waals surface area contributed by atoms with Gasteiger partial charge in [-0.1, -0.05) is 24.3 Å². The molecule has 0 aliphatic carbocycles. The van der Waals surface area contributed by atoms with Gasteiger partial charge in [0, 0.05) is 6.92 Å². The molecule has 19 heavy (non-hydrogen) atoms. The van der Waals surface area contributed by atoms with Crippen LogP contribution in [0, 0.1) is 13.8 Å². The predicted molar refractivity (Wildman–Crippen MR) is 73.7 cm³/mol. The van der Waals surface area contributed by atoms with Crippen LogP contribution in [-0.2, 0) is 4.79 Å². The molecule has 98 valence electrons. The summed E-state index contributed by atoms with van der Waals surface area (Å²) in [6.07, 6.45) is 0. The van der Waals surface area contributed by atoms with Gasteiger partial charge in [-0.05, 0) is 43.2 Å². The molecule has 0 aliphatic heterocycles. The third kappa shape index (κ3) is 3.13. The molecule has 3 nitrogen and oxygen atoms in total. The Morgan fingerprint density at radius 2 is 1.53 bits per heavy atom. The number of carbonyl (C=O) groups is 1. The van der Waals surface area contributed by atoms with Crippen LogP contribution < -0.4 is 9.47 Å². The molecule has 0 spiro atoms. The second kappa shape index (κ2) is 5.57. The summed E-state index contributed by atoms with van der Waals surface area (Å²) < 4.78 is 11.0. The van der Waals surface area contributed by atoms with Gasteiger partial charge < -0.3 is 9.47 Å². The number of hydrogen-bond donors (Lipinski definition) is 0. The Balaban J connectivity index is 2.33. The summed E-state index contributed by atoms with van der Waals surface area (Å²) in [4.78, 5) is 11.1. The smallest absolute Gasteiger partial charge is 0.308 e. The Kier molecular flexibility index (Phi) is 3.85. The summed E-state index contributed by atoms with van der Waals surface area (Å²) in [6.45, 7) is 5.40. The molecule has 2 aromatic rings. The molecule has 0 fully saturated rings. The number of hydrogen-bond acceptors (Lipinski definition) is 3. The molecule has 0 aliphatic rings. The van der Waals surface area contributed by atoms with E-state index < -0.39 is 0 Å². The predicted octanol–water partition coefficient (Wildman–Crippen LogP) is 4.02. The zero-order chi connectivity index (χ0) is 13.8. The molecule has 2 aromatic carbocycles. The van der Waals surface area contributed by atoms with E-state index >= 15 is 0 Å². The highest BCUT2D eigenvalue weighted by molar-refractivity contribution is 5.70. The molecule has 0 aromatic heterocycles. The number of carbonyl (C=O) groups excluding carboxylic acids is 1. The summed E-state index contributed by atoms with van der Waals surface area (Å²) >= 11 is 0. The van der Waals surface area contributed by atoms with Crippen LogP contribution in [0.5, 0.6) is 17.2 Å². The zero-order valence-electron chi connectivity index (χ0n) is 11.3. The highest BCUT2D eigenvalue weighted by atomic mass is 16.6. The molecule has 0 N–H and O–H groups in total. The van der Waals surface area contributed by atoms with Crippen LogP contribution in [-0.4, -0.2) is 5.97 Å². The average molecular weight is 256 g/mol. The summed E-state index contributed by atoms with van der Waals surface area (Å²) in [7, 11) is 0. The maximum Gasteiger partial charge on any atom is 0.308 e. The van der Waals surface area contributed by atoms with Crippen LogP contribution in [0.15, 0.2) is 42.5 Å². The second-order valence-corrected chi connectivity index (χ2v) is 4.34. The average Bonchev–Trinajstić information content (AvgIpc) is 2.36. The Labute approximate surface area is 112 Å². The molecule has 3 heteroatoms. The summed E-state index contributed by atoms with van der Waals surface area (Å²) in [5, 5.41) is 0. The first-order chi connectivity index (χ1) is 9.08. The van der Waals surface area contributed by atoms with Crippen LogP contribution in [0.1, 0.15) is 18.1 Å². The van der Waals surface area contributed by atoms with E-state index in [4.69, 9.17) is 9.47 Å². The number of para-hydroxylation sites is 2. The molecule has 0 radical (unpaired) electrons. The SMILES string of the molecule is CC(=O)Oc1ccccc1Oc1cccc(C)c1C. The summed E-state index contributed by atoms with van der Waals surface area (Å²) in [5.41, 5.74) is 2.22. The highest BCUT2D eigenvalue weighted by Gasteiger charge is 2.09. The van der Waals surface area contributed by atoms with Gasteiger partial charge in [0.15, 0.2) is 11.5 Å². The Morgan fingerprint density at radius 3 is 2.21 bits per heavy atom. The normalized spacial score (nSPS) is 10.1. The lowest BCUT2D eigenvalue weighted by Crippen LogP contribution is -2.02. The van der Waals surface area contributed by atoms with Crippen LogP contribution >= 0.6 is 0 Å². The minimum Gasteiger partial charge on any atom is -0.453 e. The van der Waals surface area contributed by atoms with E-state index in [-0.39, 0.29) is 5.97 Å². The molecular formula is C16H16O3. The monoisotopic (exact) mass is 256 g/mol. The van der Waals surface area contributed by atoms with Gasteiger partial charge >= 0.3 is 5.97 Å². The fraction of sp³-hybridized carbons (Fsp3) is 0.188. The van der Waals surface area contributed by atoms with Crippen molar-refractivity contribution in [1.29, 1.82) is 0 Å². The van der Waals surface area contributed by atoms with Gasteiger partial charge in [0.2, 0.25) is 0 Å². The topological polar surface area (TPSA) is 35.5 Å². The Bertz CT molecular complexity index is 603. The summed E-state index contributed by atoms with van der Waals surface area (Å²) in [6, 6.07) is 13.0. The van der Waals surface area contributed by atoms with Gasteiger partial charge in [0.25, 0.3) is 0 Å². The summed E-state index contributed by atoms with van der Waals surface area (Å²) in [5.74, 6) is 1.36. The third-order valence-electron chi connectivity index (χ3n) is 2.88. The van der Waals surface area contributed by atoms with E-state index in [1.165, 1.54) is 6.92 Å². The lowest BCUT2D eigenvalue weighted by Gasteiger charge is -2.13. The van der Waals surface area contributed by atoms with Crippen molar-refractivity contribution in [2.24, 2.45) is 0 Å². The van der Waals surface area contributed by atoms with Gasteiger partial charge in [0.1, 0.15) is 5.75 Å². The van der Waals surface area contributed by atoms with Gasteiger partial charge in [-0.15, -0.1) is 0 Å². The highest BCUT2D eigenvalue weighted by Crippen LogP contribution is 2.33. The quantitative estimate of drug-likeness (QED) is 0.614. The molecule has 0 unspecified atom stereocenters. The maximum absolute atomic E-state index is 11.1. The lowest BCUT2D eigenvalue weighted by molar-refractivity contribution is -0.131. The molecule has 0 saturated heterocycles. The van der Waals surface area contributed by atoms with E-state index in [9.17, 15) is 4.79 Å². The molecule has 2 rings (SSSR count). The van der Waals surface area contributed by atoms with Crippen molar-refractivity contribution in [3.63, 3.8) is 0 Å². The molecular weight excluding hydrogens is 240 g/mol. The minimum absolute atomic E-state index is 0.364. The minimum atomic E-state index is -0.364. The van der Waals surface area contributed by atoms with Crippen LogP contribution in [0.3, 0.4) is 0 Å². The van der Waals surface area contributed by atoms with Gasteiger partial charge in [-0.3, -0.25) is 4.79 Å². The van der Waals surface area contributed by atoms with Gasteiger partial charge in [0.05, 0.1) is 0 Å². The number of aryl methyl sites for hydroxylation is 1. The van der Waals surface area contributed by atoms with Gasteiger partial charge in [-0.25, -0.2) is 0 Å². The van der Waals surface area contributed by atoms with Crippen molar-refractivity contribution >= 4 is 5.97 Å². The first-order valence-electron chi connectivity index (χ1n) is 6.09. The van der Waals surface area contributed by atoms with Crippen molar-refractivity contribution in [2.75, 3.05) is 0 Å². The van der Waals surface area contributed by atoms with Crippen LogP contribution in [0.25, 0.3) is 0 Å². The van der Waals surface area contributed by atoms with Crippen molar-refractivity contribution in [3.05, 3.63) is 53.6 Å². The zero-order valence-corrected chi connectivity index (χ0v) is 11.3. The number of ether oxygens (including phenoxy) is 2. The lowest BCUT2D eigenvalue weighted by atomic mass is 10.1. The van der Waals surface area contributed by atoms with Crippen LogP contribution in [0.2, 0.25) is 0 Å². The van der Waals surface area contributed by atoms with E-state index in [0.29, 0.717) is 11.5 Å². The molecule has 0 heterocycles. The number of benzene rings is 2. The van der Waals surface area contributed by atoms with Crippen LogP contribution in [0.4, 0.5) is 0 Å². The second-order valence-electron chi connectivity index (χ2n) is 4.34. The maximum atomic E-state index is 11.1. The third-order valence-corrected chi connectivity index (χ3v) is 2.88. The Hall–Kier alpha value is -2.29. The van der Waals surface area contributed by atoms with Gasteiger partial charge in [-0.2, -0.15) is 0 Å². The number of esters is 1. The van der Waals surface area contributed by atoms with E-state index in [1.54, 1.807) is 18.2 Å². The van der Waals surface area contributed by atoms with E-state index in [2.05, 4.69) is 0 Å². The fourth-order valence-electron chi connectivity index (χ4n) is 1.73. The van der Waals surface area contributed by atoms with E-state index in [0.717, 1.165) is 16.9 Å².